The number of hydrogen-bond donors (Lipinski definition) is 1. The van der Waals surface area contributed by atoms with Gasteiger partial charge in [-0.3, -0.25) is 4.90 Å². The fraction of sp³-hybridized carbons (Fsp3) is 0.438. The van der Waals surface area contributed by atoms with E-state index in [9.17, 15) is 8.42 Å². The van der Waals surface area contributed by atoms with Gasteiger partial charge in [0, 0.05) is 32.2 Å². The van der Waals surface area contributed by atoms with Crippen molar-refractivity contribution in [1.29, 1.82) is 0 Å². The molecule has 0 amide bonds. The Hall–Kier alpha value is -1.70. The van der Waals surface area contributed by atoms with Gasteiger partial charge in [-0.15, -0.1) is 0 Å². The lowest BCUT2D eigenvalue weighted by atomic mass is 10.2. The summed E-state index contributed by atoms with van der Waals surface area (Å²) in [5.41, 5.74) is 1.25. The van der Waals surface area contributed by atoms with Crippen molar-refractivity contribution in [1.82, 2.24) is 19.2 Å². The highest BCUT2D eigenvalue weighted by molar-refractivity contribution is 7.89. The third kappa shape index (κ3) is 3.63. The number of sulfonamides is 1. The summed E-state index contributed by atoms with van der Waals surface area (Å²) in [5.74, 6) is 0. The van der Waals surface area contributed by atoms with Crippen molar-refractivity contribution >= 4 is 10.0 Å². The van der Waals surface area contributed by atoms with Gasteiger partial charge < -0.3 is 4.98 Å². The summed E-state index contributed by atoms with van der Waals surface area (Å²) in [4.78, 5) is 8.86. The first-order chi connectivity index (χ1) is 11.1. The normalized spacial score (nSPS) is 21.2. The molecule has 1 saturated heterocycles. The minimum atomic E-state index is -3.50. The first kappa shape index (κ1) is 16.2. The van der Waals surface area contributed by atoms with E-state index < -0.39 is 10.0 Å². The Balaban J connectivity index is 1.71. The zero-order chi connectivity index (χ0) is 16.3. The molecule has 1 aliphatic heterocycles. The molecule has 2 aromatic rings. The lowest BCUT2D eigenvalue weighted by molar-refractivity contribution is 0.278. The van der Waals surface area contributed by atoms with Gasteiger partial charge in [-0.1, -0.05) is 30.3 Å². The summed E-state index contributed by atoms with van der Waals surface area (Å²) in [5, 5.41) is 0.167. The van der Waals surface area contributed by atoms with Gasteiger partial charge in [0.2, 0.25) is 0 Å². The van der Waals surface area contributed by atoms with Crippen LogP contribution in [0.2, 0.25) is 0 Å². The molecule has 1 aromatic heterocycles. The van der Waals surface area contributed by atoms with Crippen LogP contribution in [-0.4, -0.2) is 53.3 Å². The van der Waals surface area contributed by atoms with Crippen LogP contribution in [0.1, 0.15) is 18.9 Å². The molecule has 7 heteroatoms. The van der Waals surface area contributed by atoms with Crippen LogP contribution in [-0.2, 0) is 16.6 Å². The number of nitrogens with one attached hydrogen (secondary N) is 1. The summed E-state index contributed by atoms with van der Waals surface area (Å²) in [6.45, 7) is 4.94. The third-order valence-corrected chi connectivity index (χ3v) is 6.24. The molecule has 124 valence electrons. The predicted octanol–water partition coefficient (Wildman–Crippen LogP) is 1.69. The van der Waals surface area contributed by atoms with Crippen LogP contribution >= 0.6 is 0 Å². The molecule has 0 radical (unpaired) electrons. The van der Waals surface area contributed by atoms with Crippen LogP contribution in [0.5, 0.6) is 0 Å². The van der Waals surface area contributed by atoms with Crippen LogP contribution in [0, 0.1) is 0 Å². The highest BCUT2D eigenvalue weighted by Gasteiger charge is 2.32. The van der Waals surface area contributed by atoms with Crippen LogP contribution in [0.25, 0.3) is 0 Å². The second-order valence-electron chi connectivity index (χ2n) is 5.93. The maximum atomic E-state index is 12.7. The zero-order valence-corrected chi connectivity index (χ0v) is 14.0. The molecule has 1 atom stereocenters. The first-order valence-corrected chi connectivity index (χ1v) is 9.28. The number of aromatic amines is 1. The Morgan fingerprint density at radius 2 is 2.00 bits per heavy atom. The topological polar surface area (TPSA) is 69.3 Å². The van der Waals surface area contributed by atoms with E-state index in [0.717, 1.165) is 26.1 Å². The second kappa shape index (κ2) is 6.82. The fourth-order valence-corrected chi connectivity index (χ4v) is 4.50. The van der Waals surface area contributed by atoms with E-state index >= 15 is 0 Å². The van der Waals surface area contributed by atoms with Crippen LogP contribution in [0.3, 0.4) is 0 Å². The lowest BCUT2D eigenvalue weighted by Gasteiger charge is -2.25. The Labute approximate surface area is 137 Å². The molecule has 3 rings (SSSR count). The van der Waals surface area contributed by atoms with Crippen molar-refractivity contribution in [3.63, 3.8) is 0 Å². The monoisotopic (exact) mass is 334 g/mol. The molecule has 2 heterocycles. The number of nitrogens with zero attached hydrogens (tertiary/aromatic N) is 3. The Kier molecular flexibility index (Phi) is 4.79. The SMILES string of the molecule is CC1CCN(Cc2ccccc2)CCN1S(=O)(=O)c1cnc[nH]1. The summed E-state index contributed by atoms with van der Waals surface area (Å²) in [6.07, 6.45) is 3.59. The number of hydrogen-bond acceptors (Lipinski definition) is 4. The summed E-state index contributed by atoms with van der Waals surface area (Å²) < 4.78 is 27.0. The third-order valence-electron chi connectivity index (χ3n) is 4.30. The van der Waals surface area contributed by atoms with E-state index in [1.165, 1.54) is 18.1 Å². The highest BCUT2D eigenvalue weighted by atomic mass is 32.2. The van der Waals surface area contributed by atoms with Gasteiger partial charge >= 0.3 is 0 Å². The van der Waals surface area contributed by atoms with Gasteiger partial charge in [0.15, 0.2) is 5.03 Å². The summed E-state index contributed by atoms with van der Waals surface area (Å²) >= 11 is 0. The molecule has 0 aliphatic carbocycles. The number of rotatable bonds is 4. The van der Waals surface area contributed by atoms with Crippen molar-refractivity contribution in [3.8, 4) is 0 Å². The molecular formula is C16H22N4O2S. The molecule has 1 fully saturated rings. The lowest BCUT2D eigenvalue weighted by Crippen LogP contribution is -2.39. The van der Waals surface area contributed by atoms with Gasteiger partial charge in [-0.2, -0.15) is 4.31 Å². The number of benzene rings is 1. The van der Waals surface area contributed by atoms with Gasteiger partial charge in [-0.25, -0.2) is 13.4 Å². The van der Waals surface area contributed by atoms with E-state index in [-0.39, 0.29) is 11.1 Å². The Bertz CT molecular complexity index is 716. The maximum Gasteiger partial charge on any atom is 0.260 e. The molecular weight excluding hydrogens is 312 g/mol. The maximum absolute atomic E-state index is 12.7. The van der Waals surface area contributed by atoms with E-state index in [4.69, 9.17) is 0 Å². The van der Waals surface area contributed by atoms with Crippen LogP contribution in [0.15, 0.2) is 47.9 Å². The van der Waals surface area contributed by atoms with Crippen molar-refractivity contribution in [2.24, 2.45) is 0 Å². The smallest absolute Gasteiger partial charge is 0.260 e. The Morgan fingerprint density at radius 1 is 1.22 bits per heavy atom. The predicted molar refractivity (Wildman–Crippen MR) is 88.3 cm³/mol. The minimum absolute atomic E-state index is 0.0240. The average Bonchev–Trinajstić information content (AvgIpc) is 3.02. The van der Waals surface area contributed by atoms with Crippen LogP contribution < -0.4 is 0 Å². The van der Waals surface area contributed by atoms with Crippen molar-refractivity contribution in [2.75, 3.05) is 19.6 Å². The van der Waals surface area contributed by atoms with Crippen molar-refractivity contribution in [3.05, 3.63) is 48.4 Å². The van der Waals surface area contributed by atoms with Gasteiger partial charge in [0.25, 0.3) is 10.0 Å². The number of imidazole rings is 1. The molecule has 1 aliphatic rings. The largest absolute Gasteiger partial charge is 0.335 e. The van der Waals surface area contributed by atoms with Crippen molar-refractivity contribution < 1.29 is 8.42 Å². The van der Waals surface area contributed by atoms with E-state index in [1.54, 1.807) is 4.31 Å². The molecule has 1 N–H and O–H groups in total. The molecule has 0 spiro atoms. The van der Waals surface area contributed by atoms with Crippen molar-refractivity contribution in [2.45, 2.75) is 31.0 Å². The minimum Gasteiger partial charge on any atom is -0.335 e. The second-order valence-corrected chi connectivity index (χ2v) is 7.79. The quantitative estimate of drug-likeness (QED) is 0.924. The molecule has 0 saturated carbocycles. The molecule has 1 unspecified atom stereocenters. The molecule has 6 nitrogen and oxygen atoms in total. The highest BCUT2D eigenvalue weighted by Crippen LogP contribution is 2.20. The molecule has 1 aromatic carbocycles. The molecule has 0 bridgehead atoms. The van der Waals surface area contributed by atoms with Gasteiger partial charge in [-0.05, 0) is 18.9 Å². The molecule has 23 heavy (non-hydrogen) atoms. The Morgan fingerprint density at radius 3 is 2.70 bits per heavy atom. The summed E-state index contributed by atoms with van der Waals surface area (Å²) in [7, 11) is -3.50. The number of H-pyrrole nitrogens is 1. The van der Waals surface area contributed by atoms with E-state index in [1.807, 2.05) is 25.1 Å². The van der Waals surface area contributed by atoms with Gasteiger partial charge in [0.1, 0.15) is 0 Å². The number of aromatic nitrogens is 2. The fourth-order valence-electron chi connectivity index (χ4n) is 2.95. The zero-order valence-electron chi connectivity index (χ0n) is 13.2. The van der Waals surface area contributed by atoms with E-state index in [2.05, 4.69) is 27.0 Å². The van der Waals surface area contributed by atoms with Crippen LogP contribution in [0.4, 0.5) is 0 Å². The first-order valence-electron chi connectivity index (χ1n) is 7.84. The van der Waals surface area contributed by atoms with E-state index in [0.29, 0.717) is 6.54 Å². The standard InChI is InChI=1S/C16H22N4O2S/c1-14-7-8-19(12-15-5-3-2-4-6-15)9-10-20(14)23(21,22)16-11-17-13-18-16/h2-6,11,13-14H,7-10,12H2,1H3,(H,17,18). The van der Waals surface area contributed by atoms with Gasteiger partial charge in [0.05, 0.1) is 12.5 Å². The summed E-state index contributed by atoms with van der Waals surface area (Å²) in [6, 6.07) is 10.3. The average molecular weight is 334 g/mol.